The van der Waals surface area contributed by atoms with Crippen molar-refractivity contribution in [2.75, 3.05) is 4.90 Å². The van der Waals surface area contributed by atoms with Gasteiger partial charge in [-0.05, 0) is 116 Å². The first-order chi connectivity index (χ1) is 29.0. The van der Waals surface area contributed by atoms with Crippen molar-refractivity contribution in [3.63, 3.8) is 0 Å². The van der Waals surface area contributed by atoms with Gasteiger partial charge in [0.25, 0.3) is 0 Å². The minimum absolute atomic E-state index is 0.112. The summed E-state index contributed by atoms with van der Waals surface area (Å²) < 4.78 is 6.65. The Morgan fingerprint density at radius 1 is 0.339 bits per heavy atom. The van der Waals surface area contributed by atoms with Gasteiger partial charge in [0.05, 0.1) is 0 Å². The van der Waals surface area contributed by atoms with E-state index in [9.17, 15) is 0 Å². The Balaban J connectivity index is 1.03. The van der Waals surface area contributed by atoms with Gasteiger partial charge >= 0.3 is 0 Å². The maximum Gasteiger partial charge on any atom is 0.143 e. The molecule has 0 atom stereocenters. The topological polar surface area (TPSA) is 16.4 Å². The second-order valence-corrected chi connectivity index (χ2v) is 16.1. The van der Waals surface area contributed by atoms with Gasteiger partial charge < -0.3 is 9.32 Å². The molecule has 2 nitrogen and oxygen atoms in total. The molecule has 11 rings (SSSR count). The van der Waals surface area contributed by atoms with Crippen LogP contribution in [0.3, 0.4) is 0 Å². The van der Waals surface area contributed by atoms with Crippen LogP contribution in [0.25, 0.3) is 77.6 Å². The molecule has 9 aromatic carbocycles. The Labute approximate surface area is 345 Å². The van der Waals surface area contributed by atoms with Crippen molar-refractivity contribution < 1.29 is 4.42 Å². The van der Waals surface area contributed by atoms with Crippen LogP contribution in [0.2, 0.25) is 0 Å². The third-order valence-corrected chi connectivity index (χ3v) is 12.3. The van der Waals surface area contributed by atoms with E-state index in [0.29, 0.717) is 0 Å². The van der Waals surface area contributed by atoms with E-state index in [1.165, 1.54) is 50.1 Å². The van der Waals surface area contributed by atoms with E-state index in [1.807, 2.05) is 6.07 Å². The minimum atomic E-state index is -0.112. The zero-order valence-electron chi connectivity index (χ0n) is 33.1. The van der Waals surface area contributed by atoms with Crippen molar-refractivity contribution in [1.82, 2.24) is 0 Å². The molecule has 59 heavy (non-hydrogen) atoms. The van der Waals surface area contributed by atoms with Crippen molar-refractivity contribution in [3.05, 3.63) is 223 Å². The summed E-state index contributed by atoms with van der Waals surface area (Å²) in [6.45, 7) is 4.69. The first-order valence-electron chi connectivity index (χ1n) is 20.4. The van der Waals surface area contributed by atoms with Gasteiger partial charge in [-0.2, -0.15) is 0 Å². The van der Waals surface area contributed by atoms with E-state index in [0.717, 1.165) is 55.7 Å². The number of fused-ring (bicyclic) bond motifs is 6. The maximum atomic E-state index is 6.65. The first kappa shape index (κ1) is 34.8. The van der Waals surface area contributed by atoms with Gasteiger partial charge in [0, 0.05) is 38.8 Å². The van der Waals surface area contributed by atoms with Crippen LogP contribution >= 0.6 is 0 Å². The number of hydrogen-bond acceptors (Lipinski definition) is 2. The van der Waals surface area contributed by atoms with E-state index >= 15 is 0 Å². The summed E-state index contributed by atoms with van der Waals surface area (Å²) >= 11 is 0. The number of furan rings is 1. The molecule has 0 radical (unpaired) electrons. The number of para-hydroxylation sites is 1. The average molecular weight is 756 g/mol. The molecule has 0 fully saturated rings. The first-order valence-corrected chi connectivity index (χ1v) is 20.4. The zero-order valence-corrected chi connectivity index (χ0v) is 33.1. The monoisotopic (exact) mass is 755 g/mol. The van der Waals surface area contributed by atoms with Crippen molar-refractivity contribution in [2.24, 2.45) is 0 Å². The molecule has 1 aliphatic carbocycles. The van der Waals surface area contributed by atoms with Gasteiger partial charge in [0.15, 0.2) is 0 Å². The fourth-order valence-electron chi connectivity index (χ4n) is 9.20. The summed E-state index contributed by atoms with van der Waals surface area (Å²) in [6.07, 6.45) is 0. The summed E-state index contributed by atoms with van der Waals surface area (Å²) in [5, 5.41) is 2.24. The molecular weight excluding hydrogens is 715 g/mol. The summed E-state index contributed by atoms with van der Waals surface area (Å²) in [7, 11) is 0. The van der Waals surface area contributed by atoms with Crippen molar-refractivity contribution in [2.45, 2.75) is 19.3 Å². The van der Waals surface area contributed by atoms with E-state index < -0.39 is 0 Å². The molecule has 0 saturated heterocycles. The Morgan fingerprint density at radius 3 is 1.49 bits per heavy atom. The minimum Gasteiger partial charge on any atom is -0.455 e. The predicted molar refractivity (Wildman–Crippen MR) is 248 cm³/mol. The van der Waals surface area contributed by atoms with Gasteiger partial charge in [-0.15, -0.1) is 0 Å². The van der Waals surface area contributed by atoms with E-state index in [2.05, 4.69) is 225 Å². The SMILES string of the molecule is CC1(C)c2ccccc2-c2ccc(N(c3ccc(-c4ccccc4)cc3)c3ccc(-c4cc(-c5ccc(-c6ccccc6)cc5)cc5c4oc4ccccc45)cc3)cc21. The predicted octanol–water partition coefficient (Wildman–Crippen LogP) is 16.0. The highest BCUT2D eigenvalue weighted by Gasteiger charge is 2.35. The molecule has 1 aromatic heterocycles. The number of benzene rings is 9. The molecule has 2 heteroatoms. The second-order valence-electron chi connectivity index (χ2n) is 16.1. The standard InChI is InChI=1S/C57H41NO/c1-57(2)53-19-11-9-17-48(53)49-34-33-47(37-54(49)57)58(45-29-25-41(26-30-45)39-15-7-4-8-16-39)46-31-27-43(28-32-46)51-35-44(36-52-50-18-10-12-20-55(50)59-56(51)52)42-23-21-40(22-24-42)38-13-5-3-6-14-38/h3-37H,1-2H3. The van der Waals surface area contributed by atoms with Crippen LogP contribution < -0.4 is 4.90 Å². The third kappa shape index (κ3) is 5.96. The Bertz CT molecular complexity index is 3140. The smallest absolute Gasteiger partial charge is 0.143 e. The van der Waals surface area contributed by atoms with E-state index in [4.69, 9.17) is 4.42 Å². The quantitative estimate of drug-likeness (QED) is 0.161. The molecule has 1 heterocycles. The van der Waals surface area contributed by atoms with Crippen LogP contribution in [-0.2, 0) is 5.41 Å². The van der Waals surface area contributed by atoms with Gasteiger partial charge in [0.2, 0.25) is 0 Å². The molecule has 280 valence electrons. The van der Waals surface area contributed by atoms with Gasteiger partial charge in [-0.1, -0.05) is 172 Å². The number of rotatable bonds is 7. The van der Waals surface area contributed by atoms with E-state index in [1.54, 1.807) is 0 Å². The summed E-state index contributed by atoms with van der Waals surface area (Å²) in [6, 6.07) is 76.8. The zero-order chi connectivity index (χ0) is 39.5. The van der Waals surface area contributed by atoms with Crippen molar-refractivity contribution in [3.8, 4) is 55.6 Å². The van der Waals surface area contributed by atoms with Crippen LogP contribution in [0, 0.1) is 0 Å². The molecule has 1 aliphatic rings. The Hall–Kier alpha value is -7.42. The lowest BCUT2D eigenvalue weighted by Crippen LogP contribution is -2.16. The molecule has 0 spiro atoms. The Morgan fingerprint density at radius 2 is 0.831 bits per heavy atom. The lowest BCUT2D eigenvalue weighted by Gasteiger charge is -2.28. The molecule has 0 N–H and O–H groups in total. The van der Waals surface area contributed by atoms with Crippen LogP contribution in [0.15, 0.2) is 217 Å². The maximum absolute atomic E-state index is 6.65. The van der Waals surface area contributed by atoms with Gasteiger partial charge in [-0.3, -0.25) is 0 Å². The third-order valence-electron chi connectivity index (χ3n) is 12.3. The van der Waals surface area contributed by atoms with Crippen molar-refractivity contribution >= 4 is 39.0 Å². The summed E-state index contributed by atoms with van der Waals surface area (Å²) in [5.74, 6) is 0. The van der Waals surface area contributed by atoms with Crippen LogP contribution in [0.1, 0.15) is 25.0 Å². The normalized spacial score (nSPS) is 12.7. The van der Waals surface area contributed by atoms with Gasteiger partial charge in [-0.25, -0.2) is 0 Å². The Kier molecular flexibility index (Phi) is 8.20. The van der Waals surface area contributed by atoms with Crippen molar-refractivity contribution in [1.29, 1.82) is 0 Å². The molecule has 0 amide bonds. The average Bonchev–Trinajstić information content (AvgIpc) is 3.79. The van der Waals surface area contributed by atoms with E-state index in [-0.39, 0.29) is 5.41 Å². The van der Waals surface area contributed by atoms with Gasteiger partial charge in [0.1, 0.15) is 11.2 Å². The molecule has 10 aromatic rings. The largest absolute Gasteiger partial charge is 0.455 e. The fourth-order valence-corrected chi connectivity index (χ4v) is 9.20. The van der Waals surface area contributed by atoms with Crippen LogP contribution in [-0.4, -0.2) is 0 Å². The number of nitrogens with zero attached hydrogens (tertiary/aromatic N) is 1. The number of anilines is 3. The van der Waals surface area contributed by atoms with Crippen LogP contribution in [0.5, 0.6) is 0 Å². The molecular formula is C57H41NO. The lowest BCUT2D eigenvalue weighted by atomic mass is 9.82. The highest BCUT2D eigenvalue weighted by molar-refractivity contribution is 6.11. The highest BCUT2D eigenvalue weighted by Crippen LogP contribution is 2.51. The summed E-state index contributed by atoms with van der Waals surface area (Å²) in [4.78, 5) is 2.39. The molecule has 0 unspecified atom stereocenters. The number of hydrogen-bond donors (Lipinski definition) is 0. The molecule has 0 saturated carbocycles. The highest BCUT2D eigenvalue weighted by atomic mass is 16.3. The molecule has 0 bridgehead atoms. The van der Waals surface area contributed by atoms with Crippen LogP contribution in [0.4, 0.5) is 17.1 Å². The lowest BCUT2D eigenvalue weighted by molar-refractivity contribution is 0.660. The second kappa shape index (κ2) is 13.9. The summed E-state index contributed by atoms with van der Waals surface area (Å²) in [5.41, 5.74) is 19.7. The fraction of sp³-hybridized carbons (Fsp3) is 0.0526. The molecule has 0 aliphatic heterocycles.